The maximum absolute atomic E-state index is 11.4. The molecule has 6 heteroatoms. The third kappa shape index (κ3) is 3.38. The van der Waals surface area contributed by atoms with Gasteiger partial charge in [-0.15, -0.1) is 9.42 Å². The first-order valence-electron chi connectivity index (χ1n) is 6.06. The first kappa shape index (κ1) is 15.8. The van der Waals surface area contributed by atoms with E-state index in [-0.39, 0.29) is 17.1 Å². The van der Waals surface area contributed by atoms with Crippen molar-refractivity contribution in [1.29, 1.82) is 0 Å². The number of hydrogen-bond donors (Lipinski definition) is 2. The van der Waals surface area contributed by atoms with E-state index in [1.807, 2.05) is 13.8 Å². The third-order valence-corrected chi connectivity index (χ3v) is 3.80. The van der Waals surface area contributed by atoms with Gasteiger partial charge in [0.2, 0.25) is 0 Å². The molecule has 0 saturated heterocycles. The van der Waals surface area contributed by atoms with Gasteiger partial charge in [0, 0.05) is 4.57 Å². The molecule has 0 aliphatic rings. The predicted octanol–water partition coefficient (Wildman–Crippen LogP) is 3.28. The minimum absolute atomic E-state index is 0.106. The van der Waals surface area contributed by atoms with Gasteiger partial charge in [-0.2, -0.15) is 0 Å². The largest absolute Gasteiger partial charge is 0.695 e. The van der Waals surface area contributed by atoms with E-state index in [1.54, 1.807) is 6.07 Å². The molecule has 5 nitrogen and oxygen atoms in total. The van der Waals surface area contributed by atoms with Crippen molar-refractivity contribution >= 4 is 14.0 Å². The SMILES string of the molecule is CCC(CC)(O[P+](=O)O)c1ccc(O)c(C(C)=O)c1. The zero-order valence-electron chi connectivity index (χ0n) is 11.2. The van der Waals surface area contributed by atoms with Crippen LogP contribution in [0, 0.1) is 0 Å². The van der Waals surface area contributed by atoms with Crippen molar-refractivity contribution in [2.24, 2.45) is 0 Å². The molecule has 0 spiro atoms. The van der Waals surface area contributed by atoms with Crippen LogP contribution in [0.5, 0.6) is 5.75 Å². The van der Waals surface area contributed by atoms with E-state index in [0.29, 0.717) is 18.4 Å². The summed E-state index contributed by atoms with van der Waals surface area (Å²) in [5.41, 5.74) is -0.140. The monoisotopic (exact) mass is 285 g/mol. The topological polar surface area (TPSA) is 83.8 Å². The number of ketones is 1. The molecule has 0 aliphatic carbocycles. The van der Waals surface area contributed by atoms with E-state index in [1.165, 1.54) is 19.1 Å². The van der Waals surface area contributed by atoms with E-state index in [9.17, 15) is 14.5 Å². The van der Waals surface area contributed by atoms with E-state index in [4.69, 9.17) is 9.42 Å². The van der Waals surface area contributed by atoms with Crippen molar-refractivity contribution in [3.63, 3.8) is 0 Å². The minimum atomic E-state index is -2.75. The fraction of sp³-hybridized carbons (Fsp3) is 0.462. The molecule has 0 aliphatic heterocycles. The Morgan fingerprint density at radius 1 is 1.37 bits per heavy atom. The number of carbonyl (C=O) groups excluding carboxylic acids is 1. The second-order valence-corrected chi connectivity index (χ2v) is 4.98. The van der Waals surface area contributed by atoms with Crippen LogP contribution in [0.4, 0.5) is 0 Å². The highest BCUT2D eigenvalue weighted by Crippen LogP contribution is 2.41. The fourth-order valence-corrected chi connectivity index (χ4v) is 2.75. The highest BCUT2D eigenvalue weighted by atomic mass is 31.1. The van der Waals surface area contributed by atoms with Crippen LogP contribution < -0.4 is 0 Å². The first-order valence-corrected chi connectivity index (χ1v) is 7.19. The number of phenolic OH excluding ortho intramolecular Hbond substituents is 1. The molecule has 0 bridgehead atoms. The molecule has 0 amide bonds. The fourth-order valence-electron chi connectivity index (χ4n) is 2.09. The Kier molecular flexibility index (Phi) is 5.18. The van der Waals surface area contributed by atoms with Crippen molar-refractivity contribution in [2.75, 3.05) is 0 Å². The van der Waals surface area contributed by atoms with Crippen molar-refractivity contribution in [3.05, 3.63) is 29.3 Å². The van der Waals surface area contributed by atoms with Crippen molar-refractivity contribution < 1.29 is 23.9 Å². The summed E-state index contributed by atoms with van der Waals surface area (Å²) in [7, 11) is -2.75. The number of hydrogen-bond acceptors (Lipinski definition) is 4. The standard InChI is InChI=1S/C13H17O5P/c1-4-13(5-2,18-19(16)17)10-6-7-12(15)11(8-10)9(3)14/h6-8H,4-5H2,1-3H3,(H-,14,15,16,17)/p+1. The van der Waals surface area contributed by atoms with Crippen LogP contribution in [0.15, 0.2) is 18.2 Å². The molecule has 1 aromatic carbocycles. The third-order valence-electron chi connectivity index (χ3n) is 3.30. The van der Waals surface area contributed by atoms with Gasteiger partial charge < -0.3 is 5.11 Å². The van der Waals surface area contributed by atoms with Crippen LogP contribution in [0.25, 0.3) is 0 Å². The summed E-state index contributed by atoms with van der Waals surface area (Å²) in [6, 6.07) is 4.52. The van der Waals surface area contributed by atoms with Gasteiger partial charge in [-0.3, -0.25) is 4.79 Å². The number of benzene rings is 1. The van der Waals surface area contributed by atoms with Crippen LogP contribution in [0.1, 0.15) is 49.5 Å². The van der Waals surface area contributed by atoms with E-state index < -0.39 is 13.9 Å². The summed E-state index contributed by atoms with van der Waals surface area (Å²) in [6.45, 7) is 5.02. The van der Waals surface area contributed by atoms with E-state index >= 15 is 0 Å². The van der Waals surface area contributed by atoms with Gasteiger partial charge in [-0.1, -0.05) is 19.9 Å². The van der Waals surface area contributed by atoms with Crippen LogP contribution in [0.3, 0.4) is 0 Å². The zero-order valence-corrected chi connectivity index (χ0v) is 12.1. The summed E-state index contributed by atoms with van der Waals surface area (Å²) in [6.07, 6.45) is 0.959. The normalized spacial score (nSPS) is 12.3. The summed E-state index contributed by atoms with van der Waals surface area (Å²) in [5, 5.41) is 9.63. The molecule has 104 valence electrons. The van der Waals surface area contributed by atoms with Gasteiger partial charge in [0.15, 0.2) is 11.4 Å². The quantitative estimate of drug-likeness (QED) is 0.619. The van der Waals surface area contributed by atoms with Crippen molar-refractivity contribution in [3.8, 4) is 5.75 Å². The average molecular weight is 285 g/mol. The highest BCUT2D eigenvalue weighted by Gasteiger charge is 2.39. The molecule has 0 saturated carbocycles. The van der Waals surface area contributed by atoms with E-state index in [2.05, 4.69) is 0 Å². The second-order valence-electron chi connectivity index (χ2n) is 4.32. The van der Waals surface area contributed by atoms with Gasteiger partial charge in [0.25, 0.3) is 0 Å². The van der Waals surface area contributed by atoms with Crippen LogP contribution in [-0.2, 0) is 14.7 Å². The number of phenols is 1. The molecule has 0 fully saturated rings. The maximum atomic E-state index is 11.4. The first-order chi connectivity index (χ1) is 8.86. The van der Waals surface area contributed by atoms with Crippen molar-refractivity contribution in [1.82, 2.24) is 0 Å². The highest BCUT2D eigenvalue weighted by molar-refractivity contribution is 7.32. The number of Topliss-reactive ketones (excluding diaryl/α,β-unsaturated/α-hetero) is 1. The number of carbonyl (C=O) groups is 1. The summed E-state index contributed by atoms with van der Waals surface area (Å²) in [4.78, 5) is 20.5. The lowest BCUT2D eigenvalue weighted by molar-refractivity contribution is 0.0535. The molecular weight excluding hydrogens is 267 g/mol. The van der Waals surface area contributed by atoms with Crippen LogP contribution >= 0.6 is 8.25 Å². The van der Waals surface area contributed by atoms with Gasteiger partial charge in [0.1, 0.15) is 5.75 Å². The molecule has 1 rings (SSSR count). The Labute approximate surface area is 113 Å². The Balaban J connectivity index is 3.35. The zero-order chi connectivity index (χ0) is 14.6. The predicted molar refractivity (Wildman–Crippen MR) is 71.3 cm³/mol. The van der Waals surface area contributed by atoms with Crippen molar-refractivity contribution in [2.45, 2.75) is 39.2 Å². The Hall–Kier alpha value is -1.29. The molecule has 2 N–H and O–H groups in total. The Morgan fingerprint density at radius 3 is 2.37 bits per heavy atom. The van der Waals surface area contributed by atoms with Gasteiger partial charge >= 0.3 is 8.25 Å². The lowest BCUT2D eigenvalue weighted by Gasteiger charge is -2.25. The maximum Gasteiger partial charge on any atom is 0.695 e. The van der Waals surface area contributed by atoms with Crippen LogP contribution in [0.2, 0.25) is 0 Å². The summed E-state index contributed by atoms with van der Waals surface area (Å²) in [5.74, 6) is -0.375. The van der Waals surface area contributed by atoms with Gasteiger partial charge in [0.05, 0.1) is 5.56 Å². The van der Waals surface area contributed by atoms with Gasteiger partial charge in [-0.05, 0) is 37.5 Å². The summed E-state index contributed by atoms with van der Waals surface area (Å²) >= 11 is 0. The lowest BCUT2D eigenvalue weighted by atomic mass is 9.87. The molecular formula is C13H18O5P+. The number of rotatable bonds is 6. The lowest BCUT2D eigenvalue weighted by Crippen LogP contribution is -2.26. The minimum Gasteiger partial charge on any atom is -0.507 e. The molecule has 1 atom stereocenters. The Bertz CT molecular complexity index is 494. The average Bonchev–Trinajstić information content (AvgIpc) is 2.36. The smallest absolute Gasteiger partial charge is 0.507 e. The Morgan fingerprint density at radius 2 is 1.95 bits per heavy atom. The molecule has 1 aromatic rings. The van der Waals surface area contributed by atoms with E-state index in [0.717, 1.165) is 0 Å². The van der Waals surface area contributed by atoms with Crippen LogP contribution in [-0.4, -0.2) is 15.8 Å². The second kappa shape index (κ2) is 6.24. The molecule has 19 heavy (non-hydrogen) atoms. The molecule has 1 unspecified atom stereocenters. The molecule has 0 radical (unpaired) electrons. The number of aromatic hydroxyl groups is 1. The van der Waals surface area contributed by atoms with Gasteiger partial charge in [-0.25, -0.2) is 0 Å². The summed E-state index contributed by atoms with van der Waals surface area (Å²) < 4.78 is 16.2. The molecule has 0 heterocycles. The molecule has 0 aromatic heterocycles.